The van der Waals surface area contributed by atoms with Gasteiger partial charge in [0.1, 0.15) is 0 Å². The second-order valence-corrected chi connectivity index (χ2v) is 4.96. The molecule has 86 valence electrons. The van der Waals surface area contributed by atoms with Gasteiger partial charge in [-0.1, -0.05) is 6.07 Å². The van der Waals surface area contributed by atoms with Crippen LogP contribution in [0.4, 0.5) is 5.69 Å². The van der Waals surface area contributed by atoms with Gasteiger partial charge in [-0.25, -0.2) is 0 Å². The maximum Gasteiger partial charge on any atom is 0.255 e. The lowest BCUT2D eigenvalue weighted by molar-refractivity contribution is 0.102. The van der Waals surface area contributed by atoms with Gasteiger partial charge in [-0.3, -0.25) is 9.78 Å². The van der Waals surface area contributed by atoms with E-state index in [4.69, 9.17) is 0 Å². The Bertz CT molecular complexity index is 555. The maximum absolute atomic E-state index is 11.9. The van der Waals surface area contributed by atoms with Gasteiger partial charge in [0.2, 0.25) is 0 Å². The van der Waals surface area contributed by atoms with E-state index in [0.717, 1.165) is 9.13 Å². The van der Waals surface area contributed by atoms with Gasteiger partial charge in [-0.15, -0.1) is 0 Å². The molecule has 17 heavy (non-hydrogen) atoms. The van der Waals surface area contributed by atoms with E-state index >= 15 is 0 Å². The number of carbonyl (C=O) groups excluding carboxylic acids is 1. The first-order valence-corrected chi connectivity index (χ1v) is 6.21. The number of aryl methyl sites for hydroxylation is 1. The molecule has 0 fully saturated rings. The van der Waals surface area contributed by atoms with E-state index in [9.17, 15) is 4.79 Å². The molecule has 3 nitrogen and oxygen atoms in total. The van der Waals surface area contributed by atoms with Crippen molar-refractivity contribution in [2.75, 3.05) is 5.32 Å². The minimum atomic E-state index is -0.115. The van der Waals surface area contributed by atoms with Crippen molar-refractivity contribution in [3.8, 4) is 0 Å². The zero-order chi connectivity index (χ0) is 12.3. The Hall–Kier alpha value is -1.43. The summed E-state index contributed by atoms with van der Waals surface area (Å²) in [5.74, 6) is -0.115. The molecule has 0 atom stereocenters. The molecule has 0 bridgehead atoms. The van der Waals surface area contributed by atoms with Crippen molar-refractivity contribution in [3.05, 3.63) is 57.4 Å². The minimum absolute atomic E-state index is 0.115. The monoisotopic (exact) mass is 338 g/mol. The van der Waals surface area contributed by atoms with Crippen molar-refractivity contribution in [1.29, 1.82) is 0 Å². The second-order valence-electron chi connectivity index (χ2n) is 3.72. The number of amides is 1. The molecule has 1 aromatic heterocycles. The number of hydrogen-bond donors (Lipinski definition) is 1. The first-order chi connectivity index (χ1) is 8.15. The lowest BCUT2D eigenvalue weighted by Crippen LogP contribution is -2.12. The van der Waals surface area contributed by atoms with Crippen molar-refractivity contribution in [2.45, 2.75) is 6.92 Å². The zero-order valence-corrected chi connectivity index (χ0v) is 11.4. The van der Waals surface area contributed by atoms with Crippen LogP contribution in [0.2, 0.25) is 0 Å². The fourth-order valence-electron chi connectivity index (χ4n) is 1.46. The number of pyridine rings is 1. The molecule has 0 unspecified atom stereocenters. The number of anilines is 1. The molecule has 0 aliphatic rings. The van der Waals surface area contributed by atoms with Gasteiger partial charge >= 0.3 is 0 Å². The van der Waals surface area contributed by atoms with Crippen molar-refractivity contribution in [2.24, 2.45) is 0 Å². The molecule has 0 saturated carbocycles. The molecule has 1 aromatic carbocycles. The van der Waals surface area contributed by atoms with E-state index in [2.05, 4.69) is 32.9 Å². The molecule has 4 heteroatoms. The maximum atomic E-state index is 11.9. The highest BCUT2D eigenvalue weighted by Crippen LogP contribution is 2.12. The number of carbonyl (C=O) groups is 1. The zero-order valence-electron chi connectivity index (χ0n) is 9.27. The fourth-order valence-corrected chi connectivity index (χ4v) is 2.00. The van der Waals surface area contributed by atoms with E-state index in [0.29, 0.717) is 11.3 Å². The Labute approximate surface area is 113 Å². The van der Waals surface area contributed by atoms with Crippen LogP contribution in [-0.2, 0) is 0 Å². The van der Waals surface area contributed by atoms with Crippen LogP contribution in [0.5, 0.6) is 0 Å². The SMILES string of the molecule is Cc1cncc(NC(=O)c2cccc(I)c2)c1. The number of nitrogens with zero attached hydrogens (tertiary/aromatic N) is 1. The van der Waals surface area contributed by atoms with E-state index in [-0.39, 0.29) is 5.91 Å². The van der Waals surface area contributed by atoms with E-state index in [1.807, 2.05) is 31.2 Å². The number of halogens is 1. The van der Waals surface area contributed by atoms with Crippen molar-refractivity contribution in [3.63, 3.8) is 0 Å². The molecule has 2 aromatic rings. The predicted octanol–water partition coefficient (Wildman–Crippen LogP) is 3.25. The number of nitrogens with one attached hydrogen (secondary N) is 1. The van der Waals surface area contributed by atoms with Crippen LogP contribution in [0.25, 0.3) is 0 Å². The van der Waals surface area contributed by atoms with E-state index < -0.39 is 0 Å². The molecule has 0 spiro atoms. The lowest BCUT2D eigenvalue weighted by Gasteiger charge is -2.05. The summed E-state index contributed by atoms with van der Waals surface area (Å²) in [6.07, 6.45) is 3.39. The summed E-state index contributed by atoms with van der Waals surface area (Å²) in [5.41, 5.74) is 2.39. The molecule has 1 N–H and O–H groups in total. The van der Waals surface area contributed by atoms with E-state index in [1.165, 1.54) is 0 Å². The summed E-state index contributed by atoms with van der Waals surface area (Å²) in [5, 5.41) is 2.82. The van der Waals surface area contributed by atoms with Crippen LogP contribution in [0, 0.1) is 10.5 Å². The second kappa shape index (κ2) is 5.27. The molecule has 0 saturated heterocycles. The number of hydrogen-bond acceptors (Lipinski definition) is 2. The third-order valence-corrected chi connectivity index (χ3v) is 2.89. The van der Waals surface area contributed by atoms with Crippen LogP contribution in [0.1, 0.15) is 15.9 Å². The van der Waals surface area contributed by atoms with Crippen LogP contribution >= 0.6 is 22.6 Å². The Morgan fingerprint density at radius 3 is 2.82 bits per heavy atom. The standard InChI is InChI=1S/C13H11IN2O/c1-9-5-12(8-15-7-9)16-13(17)10-3-2-4-11(14)6-10/h2-8H,1H3,(H,16,17). The van der Waals surface area contributed by atoms with Gasteiger partial charge in [0, 0.05) is 15.3 Å². The van der Waals surface area contributed by atoms with Crippen molar-refractivity contribution >= 4 is 34.2 Å². The quantitative estimate of drug-likeness (QED) is 0.854. The average molecular weight is 338 g/mol. The Morgan fingerprint density at radius 1 is 1.29 bits per heavy atom. The van der Waals surface area contributed by atoms with Gasteiger partial charge < -0.3 is 5.32 Å². The highest BCUT2D eigenvalue weighted by molar-refractivity contribution is 14.1. The largest absolute Gasteiger partial charge is 0.321 e. The normalized spacial score (nSPS) is 10.0. The molecule has 0 aliphatic carbocycles. The molecule has 0 radical (unpaired) electrons. The third kappa shape index (κ3) is 3.26. The Kier molecular flexibility index (Phi) is 3.73. The van der Waals surface area contributed by atoms with Crippen LogP contribution in [0.3, 0.4) is 0 Å². The van der Waals surface area contributed by atoms with Gasteiger partial charge in [-0.05, 0) is 59.3 Å². The van der Waals surface area contributed by atoms with Crippen LogP contribution in [0.15, 0.2) is 42.7 Å². The van der Waals surface area contributed by atoms with Gasteiger partial charge in [0.05, 0.1) is 11.9 Å². The van der Waals surface area contributed by atoms with Gasteiger partial charge in [0.15, 0.2) is 0 Å². The van der Waals surface area contributed by atoms with Crippen LogP contribution < -0.4 is 5.32 Å². The number of rotatable bonds is 2. The topological polar surface area (TPSA) is 42.0 Å². The van der Waals surface area contributed by atoms with Crippen LogP contribution in [-0.4, -0.2) is 10.9 Å². The molecule has 1 amide bonds. The fraction of sp³-hybridized carbons (Fsp3) is 0.0769. The smallest absolute Gasteiger partial charge is 0.255 e. The molecule has 0 aliphatic heterocycles. The minimum Gasteiger partial charge on any atom is -0.321 e. The predicted molar refractivity (Wildman–Crippen MR) is 76.1 cm³/mol. The summed E-state index contributed by atoms with van der Waals surface area (Å²) < 4.78 is 1.04. The molecular formula is C13H11IN2O. The summed E-state index contributed by atoms with van der Waals surface area (Å²) in [6.45, 7) is 1.94. The number of benzene rings is 1. The summed E-state index contributed by atoms with van der Waals surface area (Å²) >= 11 is 2.18. The first kappa shape index (κ1) is 12.0. The molecular weight excluding hydrogens is 327 g/mol. The summed E-state index contributed by atoms with van der Waals surface area (Å²) in [7, 11) is 0. The average Bonchev–Trinajstić information content (AvgIpc) is 2.29. The molecule has 2 rings (SSSR count). The summed E-state index contributed by atoms with van der Waals surface area (Å²) in [6, 6.07) is 9.34. The lowest BCUT2D eigenvalue weighted by atomic mass is 10.2. The van der Waals surface area contributed by atoms with Gasteiger partial charge in [0.25, 0.3) is 5.91 Å². The van der Waals surface area contributed by atoms with Crippen molar-refractivity contribution < 1.29 is 4.79 Å². The Balaban J connectivity index is 2.17. The molecule has 1 heterocycles. The number of aromatic nitrogens is 1. The van der Waals surface area contributed by atoms with Crippen molar-refractivity contribution in [1.82, 2.24) is 4.98 Å². The first-order valence-electron chi connectivity index (χ1n) is 5.14. The van der Waals surface area contributed by atoms with Gasteiger partial charge in [-0.2, -0.15) is 0 Å². The third-order valence-electron chi connectivity index (χ3n) is 2.22. The summed E-state index contributed by atoms with van der Waals surface area (Å²) in [4.78, 5) is 16.0. The highest BCUT2D eigenvalue weighted by atomic mass is 127. The van der Waals surface area contributed by atoms with E-state index in [1.54, 1.807) is 18.5 Å². The Morgan fingerprint density at radius 2 is 2.12 bits per heavy atom. The highest BCUT2D eigenvalue weighted by Gasteiger charge is 2.06.